The Hall–Kier alpha value is -1.35. The molecule has 0 saturated carbocycles. The van der Waals surface area contributed by atoms with Gasteiger partial charge in [0, 0.05) is 26.2 Å². The van der Waals surface area contributed by atoms with Crippen LogP contribution in [-0.2, 0) is 11.2 Å². The number of piperazine rings is 1. The second-order valence-corrected chi connectivity index (χ2v) is 6.14. The van der Waals surface area contributed by atoms with Crippen molar-refractivity contribution in [2.24, 2.45) is 5.92 Å². The molecule has 110 valence electrons. The minimum Gasteiger partial charge on any atom is -0.340 e. The summed E-state index contributed by atoms with van der Waals surface area (Å²) in [5.74, 6) is 0.880. The molecule has 1 amide bonds. The minimum atomic E-state index is -0.0406. The molecule has 3 heteroatoms. The van der Waals surface area contributed by atoms with Gasteiger partial charge in [0.05, 0.1) is 5.92 Å². The summed E-state index contributed by atoms with van der Waals surface area (Å²) in [5.41, 5.74) is 2.48. The van der Waals surface area contributed by atoms with Crippen LogP contribution in [0.25, 0.3) is 0 Å². The highest BCUT2D eigenvalue weighted by Gasteiger charge is 2.22. The highest BCUT2D eigenvalue weighted by molar-refractivity contribution is 5.83. The van der Waals surface area contributed by atoms with E-state index in [2.05, 4.69) is 43.4 Å². The molecule has 0 radical (unpaired) electrons. The SMILES string of the molecule is CC(C)Cc1ccc(C(C)C(=O)N2CCNCC2)cc1. The van der Waals surface area contributed by atoms with Gasteiger partial charge in [-0.1, -0.05) is 38.1 Å². The van der Waals surface area contributed by atoms with Gasteiger partial charge in [-0.05, 0) is 30.4 Å². The molecule has 1 N–H and O–H groups in total. The van der Waals surface area contributed by atoms with E-state index in [9.17, 15) is 4.79 Å². The maximum atomic E-state index is 12.5. The van der Waals surface area contributed by atoms with Crippen molar-refractivity contribution < 1.29 is 4.79 Å². The maximum Gasteiger partial charge on any atom is 0.229 e. The number of rotatable bonds is 4. The first-order chi connectivity index (χ1) is 9.58. The second-order valence-electron chi connectivity index (χ2n) is 6.14. The van der Waals surface area contributed by atoms with E-state index < -0.39 is 0 Å². The number of nitrogens with one attached hydrogen (secondary N) is 1. The van der Waals surface area contributed by atoms with Crippen molar-refractivity contribution in [3.63, 3.8) is 0 Å². The Kier molecular flexibility index (Phi) is 5.18. The maximum absolute atomic E-state index is 12.5. The van der Waals surface area contributed by atoms with Crippen molar-refractivity contribution >= 4 is 5.91 Å². The van der Waals surface area contributed by atoms with Crippen molar-refractivity contribution in [1.82, 2.24) is 10.2 Å². The number of carbonyl (C=O) groups excluding carboxylic acids is 1. The molecule has 1 aromatic rings. The van der Waals surface area contributed by atoms with E-state index in [1.165, 1.54) is 5.56 Å². The van der Waals surface area contributed by atoms with Crippen LogP contribution in [0.1, 0.15) is 37.8 Å². The molecule has 1 heterocycles. The summed E-state index contributed by atoms with van der Waals surface area (Å²) >= 11 is 0. The zero-order valence-corrected chi connectivity index (χ0v) is 12.9. The van der Waals surface area contributed by atoms with Crippen molar-refractivity contribution in [3.8, 4) is 0 Å². The van der Waals surface area contributed by atoms with Crippen LogP contribution in [0.15, 0.2) is 24.3 Å². The van der Waals surface area contributed by atoms with Gasteiger partial charge in [0.2, 0.25) is 5.91 Å². The molecular formula is C17H26N2O. The van der Waals surface area contributed by atoms with E-state index in [0.717, 1.165) is 38.2 Å². The molecule has 1 unspecified atom stereocenters. The molecule has 2 rings (SSSR count). The van der Waals surface area contributed by atoms with E-state index in [0.29, 0.717) is 5.92 Å². The summed E-state index contributed by atoms with van der Waals surface area (Å²) in [7, 11) is 0. The van der Waals surface area contributed by atoms with Gasteiger partial charge in [-0.2, -0.15) is 0 Å². The van der Waals surface area contributed by atoms with E-state index in [4.69, 9.17) is 0 Å². The van der Waals surface area contributed by atoms with E-state index in [1.807, 2.05) is 11.8 Å². The Balaban J connectivity index is 2.00. The molecule has 1 fully saturated rings. The van der Waals surface area contributed by atoms with Gasteiger partial charge in [-0.15, -0.1) is 0 Å². The van der Waals surface area contributed by atoms with Crippen molar-refractivity contribution in [3.05, 3.63) is 35.4 Å². The van der Waals surface area contributed by atoms with Gasteiger partial charge >= 0.3 is 0 Å². The molecule has 1 saturated heterocycles. The van der Waals surface area contributed by atoms with Crippen molar-refractivity contribution in [1.29, 1.82) is 0 Å². The second kappa shape index (κ2) is 6.89. The molecule has 0 spiro atoms. The van der Waals surface area contributed by atoms with Gasteiger partial charge in [0.1, 0.15) is 0 Å². The molecule has 1 aromatic carbocycles. The van der Waals surface area contributed by atoms with Crippen LogP contribution in [0, 0.1) is 5.92 Å². The monoisotopic (exact) mass is 274 g/mol. The van der Waals surface area contributed by atoms with Gasteiger partial charge in [-0.25, -0.2) is 0 Å². The fourth-order valence-corrected chi connectivity index (χ4v) is 2.72. The number of amides is 1. The predicted octanol–water partition coefficient (Wildman–Crippen LogP) is 2.42. The highest BCUT2D eigenvalue weighted by Crippen LogP contribution is 2.20. The lowest BCUT2D eigenvalue weighted by Gasteiger charge is -2.30. The Morgan fingerprint density at radius 3 is 2.30 bits per heavy atom. The predicted molar refractivity (Wildman–Crippen MR) is 82.8 cm³/mol. The lowest BCUT2D eigenvalue weighted by atomic mass is 9.96. The lowest BCUT2D eigenvalue weighted by Crippen LogP contribution is -2.47. The van der Waals surface area contributed by atoms with E-state index >= 15 is 0 Å². The summed E-state index contributed by atoms with van der Waals surface area (Å²) in [4.78, 5) is 14.4. The van der Waals surface area contributed by atoms with Crippen LogP contribution in [0.3, 0.4) is 0 Å². The first-order valence-corrected chi connectivity index (χ1v) is 7.66. The molecular weight excluding hydrogens is 248 g/mol. The molecule has 0 aromatic heterocycles. The van der Waals surface area contributed by atoms with Gasteiger partial charge in [-0.3, -0.25) is 4.79 Å². The Bertz CT molecular complexity index is 433. The van der Waals surface area contributed by atoms with Crippen LogP contribution >= 0.6 is 0 Å². The van der Waals surface area contributed by atoms with Crippen LogP contribution < -0.4 is 5.32 Å². The fourth-order valence-electron chi connectivity index (χ4n) is 2.72. The molecule has 0 aliphatic carbocycles. The summed E-state index contributed by atoms with van der Waals surface area (Å²) in [5, 5.41) is 3.28. The quantitative estimate of drug-likeness (QED) is 0.914. The third-order valence-electron chi connectivity index (χ3n) is 3.92. The Labute approximate surface area is 122 Å². The van der Waals surface area contributed by atoms with Crippen molar-refractivity contribution in [2.45, 2.75) is 33.1 Å². The average molecular weight is 274 g/mol. The molecule has 1 atom stereocenters. The third-order valence-corrected chi connectivity index (χ3v) is 3.92. The third kappa shape index (κ3) is 3.83. The number of benzene rings is 1. The van der Waals surface area contributed by atoms with Crippen molar-refractivity contribution in [2.75, 3.05) is 26.2 Å². The minimum absolute atomic E-state index is 0.0406. The fraction of sp³-hybridized carbons (Fsp3) is 0.588. The zero-order valence-electron chi connectivity index (χ0n) is 12.9. The van der Waals surface area contributed by atoms with Crippen LogP contribution in [0.4, 0.5) is 0 Å². The summed E-state index contributed by atoms with van der Waals surface area (Å²) in [6.45, 7) is 9.94. The summed E-state index contributed by atoms with van der Waals surface area (Å²) in [6, 6.07) is 8.55. The molecule has 20 heavy (non-hydrogen) atoms. The van der Waals surface area contributed by atoms with Gasteiger partial charge in [0.25, 0.3) is 0 Å². The van der Waals surface area contributed by atoms with E-state index in [1.54, 1.807) is 0 Å². The number of hydrogen-bond acceptors (Lipinski definition) is 2. The normalized spacial score (nSPS) is 17.3. The van der Waals surface area contributed by atoms with Gasteiger partial charge in [0.15, 0.2) is 0 Å². The highest BCUT2D eigenvalue weighted by atomic mass is 16.2. The largest absolute Gasteiger partial charge is 0.340 e. The first kappa shape index (κ1) is 15.0. The smallest absolute Gasteiger partial charge is 0.229 e. The van der Waals surface area contributed by atoms with Crippen LogP contribution in [0.2, 0.25) is 0 Å². The summed E-state index contributed by atoms with van der Waals surface area (Å²) < 4.78 is 0. The summed E-state index contributed by atoms with van der Waals surface area (Å²) in [6.07, 6.45) is 1.10. The Morgan fingerprint density at radius 1 is 1.15 bits per heavy atom. The average Bonchev–Trinajstić information content (AvgIpc) is 2.47. The standard InChI is InChI=1S/C17H26N2O/c1-13(2)12-15-4-6-16(7-5-15)14(3)17(20)19-10-8-18-9-11-19/h4-7,13-14,18H,8-12H2,1-3H3. The number of nitrogens with zero attached hydrogens (tertiary/aromatic N) is 1. The molecule has 1 aliphatic rings. The van der Waals surface area contributed by atoms with E-state index in [-0.39, 0.29) is 11.8 Å². The Morgan fingerprint density at radius 2 is 1.75 bits per heavy atom. The topological polar surface area (TPSA) is 32.3 Å². The van der Waals surface area contributed by atoms with Gasteiger partial charge < -0.3 is 10.2 Å². The molecule has 0 bridgehead atoms. The number of carbonyl (C=O) groups is 1. The lowest BCUT2D eigenvalue weighted by molar-refractivity contribution is -0.133. The first-order valence-electron chi connectivity index (χ1n) is 7.66. The number of hydrogen-bond donors (Lipinski definition) is 1. The van der Waals surface area contributed by atoms with Crippen LogP contribution in [-0.4, -0.2) is 37.0 Å². The molecule has 3 nitrogen and oxygen atoms in total. The van der Waals surface area contributed by atoms with Crippen LogP contribution in [0.5, 0.6) is 0 Å². The zero-order chi connectivity index (χ0) is 14.5. The molecule has 1 aliphatic heterocycles.